The van der Waals surface area contributed by atoms with Gasteiger partial charge in [0.2, 0.25) is 0 Å². The van der Waals surface area contributed by atoms with E-state index in [-0.39, 0.29) is 12.0 Å². The number of hydrogen-bond donors (Lipinski definition) is 0. The average Bonchev–Trinajstić information content (AvgIpc) is 3.07. The third-order valence-electron chi connectivity index (χ3n) is 4.85. The molecule has 25 heavy (non-hydrogen) atoms. The lowest BCUT2D eigenvalue weighted by Gasteiger charge is -2.43. The van der Waals surface area contributed by atoms with E-state index in [0.29, 0.717) is 35.6 Å². The van der Waals surface area contributed by atoms with Crippen LogP contribution in [0.4, 0.5) is 4.79 Å². The van der Waals surface area contributed by atoms with Crippen molar-refractivity contribution < 1.29 is 14.3 Å². The van der Waals surface area contributed by atoms with Gasteiger partial charge in [0.15, 0.2) is 0 Å². The van der Waals surface area contributed by atoms with Crippen LogP contribution in [-0.2, 0) is 4.74 Å². The van der Waals surface area contributed by atoms with E-state index in [1.807, 2.05) is 17.2 Å². The zero-order valence-corrected chi connectivity index (χ0v) is 16.0. The van der Waals surface area contributed by atoms with Gasteiger partial charge in [-0.25, -0.2) is 4.79 Å². The summed E-state index contributed by atoms with van der Waals surface area (Å²) < 4.78 is 5.07. The van der Waals surface area contributed by atoms with Crippen LogP contribution in [0.3, 0.4) is 0 Å². The Hall–Kier alpha value is -1.31. The van der Waals surface area contributed by atoms with Crippen LogP contribution in [-0.4, -0.2) is 78.6 Å². The number of halogens is 1. The van der Waals surface area contributed by atoms with Crippen molar-refractivity contribution in [3.8, 4) is 0 Å². The number of thiophene rings is 1. The van der Waals surface area contributed by atoms with Gasteiger partial charge in [0, 0.05) is 45.3 Å². The summed E-state index contributed by atoms with van der Waals surface area (Å²) in [4.78, 5) is 31.2. The Kier molecular flexibility index (Phi) is 6.19. The van der Waals surface area contributed by atoms with Crippen molar-refractivity contribution in [2.24, 2.45) is 0 Å². The van der Waals surface area contributed by atoms with Gasteiger partial charge in [0.25, 0.3) is 5.91 Å². The van der Waals surface area contributed by atoms with Crippen LogP contribution in [0.5, 0.6) is 0 Å². The maximum atomic E-state index is 12.7. The van der Waals surface area contributed by atoms with E-state index in [4.69, 9.17) is 16.3 Å². The first kappa shape index (κ1) is 18.5. The molecule has 0 bridgehead atoms. The van der Waals surface area contributed by atoms with Gasteiger partial charge in [-0.15, -0.1) is 11.3 Å². The van der Waals surface area contributed by atoms with Gasteiger partial charge in [-0.1, -0.05) is 11.6 Å². The Morgan fingerprint density at radius 3 is 2.64 bits per heavy atom. The summed E-state index contributed by atoms with van der Waals surface area (Å²) >= 11 is 7.51. The van der Waals surface area contributed by atoms with Gasteiger partial charge >= 0.3 is 6.09 Å². The van der Waals surface area contributed by atoms with Crippen molar-refractivity contribution in [3.63, 3.8) is 0 Å². The molecule has 0 saturated carbocycles. The molecule has 1 aromatic heterocycles. The molecule has 6 nitrogen and oxygen atoms in total. The van der Waals surface area contributed by atoms with Crippen LogP contribution in [0.15, 0.2) is 11.4 Å². The molecule has 0 radical (unpaired) electrons. The Morgan fingerprint density at radius 2 is 2.00 bits per heavy atom. The Balaban J connectivity index is 1.55. The average molecular weight is 386 g/mol. The molecule has 2 fully saturated rings. The smallest absolute Gasteiger partial charge is 0.409 e. The number of nitrogens with zero attached hydrogens (tertiary/aromatic N) is 3. The maximum absolute atomic E-state index is 12.7. The third-order valence-corrected chi connectivity index (χ3v) is 6.18. The quantitative estimate of drug-likeness (QED) is 0.802. The Bertz CT molecular complexity index is 616. The first-order chi connectivity index (χ1) is 12.1. The number of hydrogen-bond acceptors (Lipinski definition) is 5. The largest absolute Gasteiger partial charge is 0.450 e. The van der Waals surface area contributed by atoms with Crippen molar-refractivity contribution in [1.29, 1.82) is 0 Å². The molecule has 3 rings (SSSR count). The molecule has 0 aromatic carbocycles. The highest BCUT2D eigenvalue weighted by atomic mass is 35.5. The van der Waals surface area contributed by atoms with E-state index in [0.717, 1.165) is 39.0 Å². The predicted molar refractivity (Wildman–Crippen MR) is 98.4 cm³/mol. The zero-order chi connectivity index (χ0) is 17.8. The number of piperazine rings is 1. The van der Waals surface area contributed by atoms with Crippen molar-refractivity contribution in [2.45, 2.75) is 25.8 Å². The van der Waals surface area contributed by atoms with E-state index < -0.39 is 0 Å². The number of amides is 2. The summed E-state index contributed by atoms with van der Waals surface area (Å²) in [6.45, 7) is 6.75. The lowest BCUT2D eigenvalue weighted by Crippen LogP contribution is -2.56. The second-order valence-electron chi connectivity index (χ2n) is 6.37. The van der Waals surface area contributed by atoms with Gasteiger partial charge in [0.1, 0.15) is 4.88 Å². The first-order valence-electron chi connectivity index (χ1n) is 8.78. The van der Waals surface area contributed by atoms with Gasteiger partial charge in [-0.05, 0) is 31.2 Å². The highest BCUT2D eigenvalue weighted by molar-refractivity contribution is 7.12. The molecule has 0 aliphatic carbocycles. The molecule has 1 aromatic rings. The molecule has 2 aliphatic rings. The molecule has 138 valence electrons. The first-order valence-corrected chi connectivity index (χ1v) is 10.0. The number of likely N-dealkylation sites (tertiary alicyclic amines) is 1. The Morgan fingerprint density at radius 1 is 1.24 bits per heavy atom. The zero-order valence-electron chi connectivity index (χ0n) is 14.4. The van der Waals surface area contributed by atoms with Crippen molar-refractivity contribution in [3.05, 3.63) is 21.3 Å². The molecular weight excluding hydrogens is 362 g/mol. The standard InChI is InChI=1S/C17H24ClN3O3S/c1-2-24-17(23)20-9-7-19(8-10-20)13-4-3-6-21(12-13)16(22)15-14(18)5-11-25-15/h5,11,13H,2-4,6-10,12H2,1H3/t13-/m1/s1. The summed E-state index contributed by atoms with van der Waals surface area (Å²) in [6, 6.07) is 2.12. The topological polar surface area (TPSA) is 53.1 Å². The van der Waals surface area contributed by atoms with Crippen molar-refractivity contribution in [1.82, 2.24) is 14.7 Å². The minimum Gasteiger partial charge on any atom is -0.450 e. The van der Waals surface area contributed by atoms with Gasteiger partial charge < -0.3 is 14.5 Å². The minimum atomic E-state index is -0.227. The summed E-state index contributed by atoms with van der Waals surface area (Å²) in [7, 11) is 0. The molecule has 3 heterocycles. The lowest BCUT2D eigenvalue weighted by atomic mass is 10.0. The van der Waals surface area contributed by atoms with Gasteiger partial charge in [-0.3, -0.25) is 9.69 Å². The summed E-state index contributed by atoms with van der Waals surface area (Å²) in [5, 5.41) is 2.39. The molecule has 8 heteroatoms. The molecule has 0 spiro atoms. The predicted octanol–water partition coefficient (Wildman–Crippen LogP) is 2.78. The summed E-state index contributed by atoms with van der Waals surface area (Å²) in [6.07, 6.45) is 1.86. The van der Waals surface area contributed by atoms with E-state index >= 15 is 0 Å². The number of rotatable bonds is 3. The minimum absolute atomic E-state index is 0.0369. The molecular formula is C17H24ClN3O3S. The van der Waals surface area contributed by atoms with Crippen LogP contribution in [0.1, 0.15) is 29.4 Å². The highest BCUT2D eigenvalue weighted by Gasteiger charge is 2.32. The summed E-state index contributed by atoms with van der Waals surface area (Å²) in [5.41, 5.74) is 0. The number of ether oxygens (including phenoxy) is 1. The fourth-order valence-electron chi connectivity index (χ4n) is 3.51. The van der Waals surface area contributed by atoms with Crippen molar-refractivity contribution >= 4 is 34.9 Å². The van der Waals surface area contributed by atoms with Gasteiger partial charge in [0.05, 0.1) is 11.6 Å². The fourth-order valence-corrected chi connectivity index (χ4v) is 4.61. The molecule has 2 saturated heterocycles. The van der Waals surface area contributed by atoms with E-state index in [1.54, 1.807) is 11.0 Å². The van der Waals surface area contributed by atoms with Gasteiger partial charge in [-0.2, -0.15) is 0 Å². The molecule has 0 unspecified atom stereocenters. The van der Waals surface area contributed by atoms with Crippen LogP contribution in [0.25, 0.3) is 0 Å². The highest BCUT2D eigenvalue weighted by Crippen LogP contribution is 2.26. The van der Waals surface area contributed by atoms with Crippen LogP contribution >= 0.6 is 22.9 Å². The summed E-state index contributed by atoms with van der Waals surface area (Å²) in [5.74, 6) is 0.0369. The monoisotopic (exact) mass is 385 g/mol. The SMILES string of the molecule is CCOC(=O)N1CCN([C@@H]2CCCN(C(=O)c3sccc3Cl)C2)CC1. The van der Waals surface area contributed by atoms with Crippen LogP contribution in [0, 0.1) is 0 Å². The fraction of sp³-hybridized carbons (Fsp3) is 0.647. The Labute approximate surface area is 157 Å². The number of carbonyl (C=O) groups excluding carboxylic acids is 2. The second kappa shape index (κ2) is 8.38. The number of carbonyl (C=O) groups is 2. The third kappa shape index (κ3) is 4.27. The maximum Gasteiger partial charge on any atom is 0.409 e. The van der Waals surface area contributed by atoms with E-state index in [2.05, 4.69) is 4.90 Å². The van der Waals surface area contributed by atoms with Crippen LogP contribution < -0.4 is 0 Å². The molecule has 2 aliphatic heterocycles. The van der Waals surface area contributed by atoms with E-state index in [9.17, 15) is 9.59 Å². The normalized spacial score (nSPS) is 22.1. The van der Waals surface area contributed by atoms with E-state index in [1.165, 1.54) is 11.3 Å². The van der Waals surface area contributed by atoms with Crippen molar-refractivity contribution in [2.75, 3.05) is 45.9 Å². The molecule has 1 atom stereocenters. The van der Waals surface area contributed by atoms with Crippen LogP contribution in [0.2, 0.25) is 5.02 Å². The number of piperidine rings is 1. The second-order valence-corrected chi connectivity index (χ2v) is 7.69. The lowest BCUT2D eigenvalue weighted by molar-refractivity contribution is 0.0380. The molecule has 2 amide bonds. The molecule has 0 N–H and O–H groups in total.